The Kier molecular flexibility index (Phi) is 7.16. The van der Waals surface area contributed by atoms with E-state index >= 15 is 0 Å². The van der Waals surface area contributed by atoms with Gasteiger partial charge in [-0.25, -0.2) is 9.18 Å². The number of hydrogen-bond acceptors (Lipinski definition) is 4. The van der Waals surface area contributed by atoms with E-state index < -0.39 is 11.9 Å². The second kappa shape index (κ2) is 10.2. The summed E-state index contributed by atoms with van der Waals surface area (Å²) in [5, 5.41) is 4.71. The molecule has 0 saturated carbocycles. The molecule has 0 saturated heterocycles. The van der Waals surface area contributed by atoms with E-state index in [1.54, 1.807) is 25.3 Å². The minimum absolute atomic E-state index is 0.299. The third-order valence-electron chi connectivity index (χ3n) is 4.48. The van der Waals surface area contributed by atoms with Crippen LogP contribution in [0.25, 0.3) is 16.8 Å². The van der Waals surface area contributed by atoms with Crippen molar-refractivity contribution in [1.82, 2.24) is 5.32 Å². The standard InChI is InChI=1S/C24H22FNO4/c1-29-22-10-7-19-14-18(2-6-20(19)15-22)5-11-24(28)30-16-23(27)26-13-12-17-3-8-21(25)9-4-17/h2-11,14-15H,12-13,16H2,1H3,(H,26,27)/b11-5+. The second-order valence-electron chi connectivity index (χ2n) is 6.64. The van der Waals surface area contributed by atoms with Gasteiger partial charge in [0.05, 0.1) is 7.11 Å². The van der Waals surface area contributed by atoms with Crippen LogP contribution in [0.4, 0.5) is 4.39 Å². The largest absolute Gasteiger partial charge is 0.497 e. The van der Waals surface area contributed by atoms with Crippen LogP contribution in [0.2, 0.25) is 0 Å². The van der Waals surface area contributed by atoms with E-state index in [0.29, 0.717) is 13.0 Å². The van der Waals surface area contributed by atoms with Crippen LogP contribution in [0.1, 0.15) is 11.1 Å². The average molecular weight is 407 g/mol. The summed E-state index contributed by atoms with van der Waals surface area (Å²) in [5.74, 6) is -0.506. The molecule has 0 atom stereocenters. The fourth-order valence-corrected chi connectivity index (χ4v) is 2.87. The van der Waals surface area contributed by atoms with Gasteiger partial charge in [0.2, 0.25) is 0 Å². The van der Waals surface area contributed by atoms with E-state index in [4.69, 9.17) is 9.47 Å². The van der Waals surface area contributed by atoms with Gasteiger partial charge in [0.25, 0.3) is 5.91 Å². The Bertz CT molecular complexity index is 1060. The molecule has 30 heavy (non-hydrogen) atoms. The smallest absolute Gasteiger partial charge is 0.331 e. The molecule has 0 aliphatic rings. The Labute approximate surface area is 174 Å². The molecule has 3 rings (SSSR count). The van der Waals surface area contributed by atoms with Crippen molar-refractivity contribution in [2.45, 2.75) is 6.42 Å². The van der Waals surface area contributed by atoms with Crippen molar-refractivity contribution in [2.75, 3.05) is 20.3 Å². The highest BCUT2D eigenvalue weighted by molar-refractivity contribution is 5.91. The number of esters is 1. The van der Waals surface area contributed by atoms with Gasteiger partial charge in [0, 0.05) is 12.6 Å². The van der Waals surface area contributed by atoms with Crippen LogP contribution in [0.5, 0.6) is 5.75 Å². The molecule has 1 amide bonds. The third kappa shape index (κ3) is 6.17. The van der Waals surface area contributed by atoms with Crippen LogP contribution >= 0.6 is 0 Å². The molecule has 0 fully saturated rings. The number of halogens is 1. The summed E-state index contributed by atoms with van der Waals surface area (Å²) in [5.41, 5.74) is 1.75. The molecule has 0 bridgehead atoms. The molecule has 3 aromatic rings. The first-order chi connectivity index (χ1) is 14.5. The lowest BCUT2D eigenvalue weighted by atomic mass is 10.1. The van der Waals surface area contributed by atoms with Gasteiger partial charge in [-0.05, 0) is 64.7 Å². The highest BCUT2D eigenvalue weighted by Crippen LogP contribution is 2.22. The van der Waals surface area contributed by atoms with Crippen LogP contribution in [0, 0.1) is 5.82 Å². The molecule has 0 aliphatic heterocycles. The molecule has 0 unspecified atom stereocenters. The summed E-state index contributed by atoms with van der Waals surface area (Å²) in [6, 6.07) is 17.6. The normalized spacial score (nSPS) is 10.9. The number of carbonyl (C=O) groups excluding carboxylic acids is 2. The monoisotopic (exact) mass is 407 g/mol. The average Bonchev–Trinajstić information content (AvgIpc) is 2.77. The molecule has 0 spiro atoms. The quantitative estimate of drug-likeness (QED) is 0.454. The number of nitrogens with one attached hydrogen (secondary N) is 1. The maximum atomic E-state index is 12.9. The van der Waals surface area contributed by atoms with Gasteiger partial charge < -0.3 is 14.8 Å². The molecule has 154 valence electrons. The molecule has 0 heterocycles. The van der Waals surface area contributed by atoms with Gasteiger partial charge in [0.15, 0.2) is 6.61 Å². The van der Waals surface area contributed by atoms with Crippen molar-refractivity contribution >= 4 is 28.7 Å². The van der Waals surface area contributed by atoms with E-state index in [-0.39, 0.29) is 12.4 Å². The number of rotatable bonds is 8. The van der Waals surface area contributed by atoms with E-state index in [9.17, 15) is 14.0 Å². The lowest BCUT2D eigenvalue weighted by Crippen LogP contribution is -2.30. The predicted molar refractivity (Wildman–Crippen MR) is 114 cm³/mol. The second-order valence-corrected chi connectivity index (χ2v) is 6.64. The maximum Gasteiger partial charge on any atom is 0.331 e. The van der Waals surface area contributed by atoms with Gasteiger partial charge in [0.1, 0.15) is 11.6 Å². The highest BCUT2D eigenvalue weighted by atomic mass is 19.1. The summed E-state index contributed by atoms with van der Waals surface area (Å²) in [6.07, 6.45) is 3.49. The molecular weight excluding hydrogens is 385 g/mol. The zero-order chi connectivity index (χ0) is 21.3. The Hall–Kier alpha value is -3.67. The maximum absolute atomic E-state index is 12.9. The molecule has 0 aliphatic carbocycles. The first kappa shape index (κ1) is 21.0. The molecule has 6 heteroatoms. The first-order valence-corrected chi connectivity index (χ1v) is 9.47. The number of fused-ring (bicyclic) bond motifs is 1. The van der Waals surface area contributed by atoms with Crippen molar-refractivity contribution in [1.29, 1.82) is 0 Å². The van der Waals surface area contributed by atoms with Gasteiger partial charge >= 0.3 is 5.97 Å². The number of ether oxygens (including phenoxy) is 2. The van der Waals surface area contributed by atoms with Crippen molar-refractivity contribution in [3.05, 3.63) is 83.7 Å². The fourth-order valence-electron chi connectivity index (χ4n) is 2.87. The van der Waals surface area contributed by atoms with Gasteiger partial charge in [-0.3, -0.25) is 4.79 Å². The predicted octanol–water partition coefficient (Wildman–Crippen LogP) is 3.90. The van der Waals surface area contributed by atoms with Crippen molar-refractivity contribution in [2.24, 2.45) is 0 Å². The molecule has 0 aromatic heterocycles. The Morgan fingerprint density at radius 2 is 1.73 bits per heavy atom. The molecule has 5 nitrogen and oxygen atoms in total. The van der Waals surface area contributed by atoms with Crippen LogP contribution in [-0.2, 0) is 20.7 Å². The topological polar surface area (TPSA) is 64.6 Å². The molecular formula is C24H22FNO4. The van der Waals surface area contributed by atoms with Gasteiger partial charge in [-0.2, -0.15) is 0 Å². The highest BCUT2D eigenvalue weighted by Gasteiger charge is 2.05. The van der Waals surface area contributed by atoms with E-state index in [1.807, 2.05) is 36.4 Å². The first-order valence-electron chi connectivity index (χ1n) is 9.47. The number of benzene rings is 3. The SMILES string of the molecule is COc1ccc2cc(/C=C/C(=O)OCC(=O)NCCc3ccc(F)cc3)ccc2c1. The zero-order valence-corrected chi connectivity index (χ0v) is 16.6. The third-order valence-corrected chi connectivity index (χ3v) is 4.48. The summed E-state index contributed by atoms with van der Waals surface area (Å²) < 4.78 is 23.0. The molecule has 3 aromatic carbocycles. The van der Waals surface area contributed by atoms with Crippen LogP contribution in [-0.4, -0.2) is 32.1 Å². The number of methoxy groups -OCH3 is 1. The van der Waals surface area contributed by atoms with E-state index in [2.05, 4.69) is 5.32 Å². The summed E-state index contributed by atoms with van der Waals surface area (Å²) in [4.78, 5) is 23.6. The van der Waals surface area contributed by atoms with Crippen LogP contribution in [0.3, 0.4) is 0 Å². The van der Waals surface area contributed by atoms with Crippen LogP contribution < -0.4 is 10.1 Å². The van der Waals surface area contributed by atoms with E-state index in [0.717, 1.165) is 27.6 Å². The lowest BCUT2D eigenvalue weighted by molar-refractivity contribution is -0.143. The Morgan fingerprint density at radius 3 is 2.50 bits per heavy atom. The summed E-state index contributed by atoms with van der Waals surface area (Å²) in [7, 11) is 1.62. The number of amides is 1. The van der Waals surface area contributed by atoms with Gasteiger partial charge in [-0.15, -0.1) is 0 Å². The van der Waals surface area contributed by atoms with Crippen molar-refractivity contribution < 1.29 is 23.5 Å². The number of hydrogen-bond donors (Lipinski definition) is 1. The minimum Gasteiger partial charge on any atom is -0.497 e. The fraction of sp³-hybridized carbons (Fsp3) is 0.167. The summed E-state index contributed by atoms with van der Waals surface area (Å²) >= 11 is 0. The summed E-state index contributed by atoms with van der Waals surface area (Å²) in [6.45, 7) is 0.0177. The van der Waals surface area contributed by atoms with Crippen molar-refractivity contribution in [3.63, 3.8) is 0 Å². The van der Waals surface area contributed by atoms with Gasteiger partial charge in [-0.1, -0.05) is 30.3 Å². The Balaban J connectivity index is 1.43. The lowest BCUT2D eigenvalue weighted by Gasteiger charge is -2.06. The Morgan fingerprint density at radius 1 is 1.00 bits per heavy atom. The van der Waals surface area contributed by atoms with Crippen molar-refractivity contribution in [3.8, 4) is 5.75 Å². The van der Waals surface area contributed by atoms with Crippen LogP contribution in [0.15, 0.2) is 66.7 Å². The molecule has 0 radical (unpaired) electrons. The van der Waals surface area contributed by atoms with E-state index in [1.165, 1.54) is 18.2 Å². The molecule has 1 N–H and O–H groups in total. The zero-order valence-electron chi connectivity index (χ0n) is 16.6. The number of carbonyl (C=O) groups is 2. The minimum atomic E-state index is -0.599.